The van der Waals surface area contributed by atoms with Crippen molar-refractivity contribution < 1.29 is 4.79 Å². The van der Waals surface area contributed by atoms with Gasteiger partial charge in [-0.25, -0.2) is 0 Å². The first kappa shape index (κ1) is 16.2. The normalized spacial score (nSPS) is 27.5. The maximum Gasteiger partial charge on any atom is 0.246 e. The van der Waals surface area contributed by atoms with Crippen molar-refractivity contribution in [1.82, 2.24) is 25.1 Å². The second-order valence-corrected chi connectivity index (χ2v) is 8.74. The van der Waals surface area contributed by atoms with Crippen molar-refractivity contribution in [3.63, 3.8) is 0 Å². The van der Waals surface area contributed by atoms with Gasteiger partial charge in [0.2, 0.25) is 11.7 Å². The molecule has 1 aromatic carbocycles. The standard InChI is InChI=1S/C19H25N5O/c1-18(2)9-15-10-19(3,12-18)13-23(15)16(25)11-24-21-17(20-22-24)14-7-5-4-6-8-14/h4-8,15H,9-13H2,1-3H3/t15-,19+/m1/s1. The largest absolute Gasteiger partial charge is 0.337 e. The number of tetrazole rings is 1. The molecule has 6 nitrogen and oxygen atoms in total. The van der Waals surface area contributed by atoms with Crippen LogP contribution in [0.4, 0.5) is 0 Å². The number of nitrogens with zero attached hydrogens (tertiary/aromatic N) is 5. The summed E-state index contributed by atoms with van der Waals surface area (Å²) in [5, 5.41) is 12.5. The first-order chi connectivity index (χ1) is 11.8. The molecule has 1 aromatic heterocycles. The summed E-state index contributed by atoms with van der Waals surface area (Å²) in [5.41, 5.74) is 1.46. The molecule has 2 aromatic rings. The summed E-state index contributed by atoms with van der Waals surface area (Å²) in [6.45, 7) is 7.95. The first-order valence-electron chi connectivity index (χ1n) is 8.96. The highest BCUT2D eigenvalue weighted by molar-refractivity contribution is 5.76. The van der Waals surface area contributed by atoms with E-state index in [1.54, 1.807) is 0 Å². The minimum Gasteiger partial charge on any atom is -0.337 e. The van der Waals surface area contributed by atoms with Crippen LogP contribution >= 0.6 is 0 Å². The molecule has 6 heteroatoms. The first-order valence-corrected chi connectivity index (χ1v) is 8.96. The molecule has 0 radical (unpaired) electrons. The van der Waals surface area contributed by atoms with Gasteiger partial charge in [-0.1, -0.05) is 51.1 Å². The fraction of sp³-hybridized carbons (Fsp3) is 0.579. The number of aromatic nitrogens is 4. The van der Waals surface area contributed by atoms with Gasteiger partial charge in [0.15, 0.2) is 0 Å². The summed E-state index contributed by atoms with van der Waals surface area (Å²) in [6, 6.07) is 10.1. The number of hydrogen-bond acceptors (Lipinski definition) is 4. The topological polar surface area (TPSA) is 63.9 Å². The van der Waals surface area contributed by atoms with Crippen molar-refractivity contribution >= 4 is 5.91 Å². The predicted molar refractivity (Wildman–Crippen MR) is 94.5 cm³/mol. The molecule has 1 aliphatic carbocycles. The Hall–Kier alpha value is -2.24. The van der Waals surface area contributed by atoms with Gasteiger partial charge in [0.1, 0.15) is 6.54 Å². The highest BCUT2D eigenvalue weighted by Crippen LogP contribution is 2.52. The van der Waals surface area contributed by atoms with Crippen LogP contribution in [0, 0.1) is 10.8 Å². The molecular formula is C19H25N5O. The monoisotopic (exact) mass is 339 g/mol. The lowest BCUT2D eigenvalue weighted by Gasteiger charge is -2.39. The molecule has 0 spiro atoms. The summed E-state index contributed by atoms with van der Waals surface area (Å²) in [5.74, 6) is 0.657. The minimum absolute atomic E-state index is 0.100. The molecule has 2 bridgehead atoms. The molecule has 2 atom stereocenters. The van der Waals surface area contributed by atoms with E-state index in [1.807, 2.05) is 30.3 Å². The smallest absolute Gasteiger partial charge is 0.246 e. The molecule has 2 fully saturated rings. The van der Waals surface area contributed by atoms with Crippen LogP contribution in [0.15, 0.2) is 30.3 Å². The number of amides is 1. The number of rotatable bonds is 3. The average molecular weight is 339 g/mol. The average Bonchev–Trinajstić information content (AvgIpc) is 3.09. The summed E-state index contributed by atoms with van der Waals surface area (Å²) in [6.07, 6.45) is 3.37. The molecule has 25 heavy (non-hydrogen) atoms. The van der Waals surface area contributed by atoms with Crippen molar-refractivity contribution in [3.8, 4) is 11.4 Å². The second-order valence-electron chi connectivity index (χ2n) is 8.74. The maximum absolute atomic E-state index is 12.9. The Balaban J connectivity index is 1.47. The van der Waals surface area contributed by atoms with Gasteiger partial charge >= 0.3 is 0 Å². The maximum atomic E-state index is 12.9. The van der Waals surface area contributed by atoms with Crippen LogP contribution in [0.1, 0.15) is 40.0 Å². The SMILES string of the molecule is CC1(C)C[C@@H]2C[C@](C)(CN2C(=O)Cn2nnc(-c3ccccc3)n2)C1. The van der Waals surface area contributed by atoms with E-state index in [1.165, 1.54) is 11.2 Å². The van der Waals surface area contributed by atoms with Gasteiger partial charge in [0, 0.05) is 18.2 Å². The molecule has 0 N–H and O–H groups in total. The van der Waals surface area contributed by atoms with E-state index in [0.717, 1.165) is 24.9 Å². The van der Waals surface area contributed by atoms with Crippen molar-refractivity contribution in [2.24, 2.45) is 10.8 Å². The van der Waals surface area contributed by atoms with Crippen molar-refractivity contribution in [1.29, 1.82) is 0 Å². The Labute approximate surface area is 148 Å². The molecule has 1 saturated carbocycles. The van der Waals surface area contributed by atoms with Crippen molar-refractivity contribution in [2.75, 3.05) is 6.54 Å². The third kappa shape index (κ3) is 3.17. The summed E-state index contributed by atoms with van der Waals surface area (Å²) in [7, 11) is 0. The lowest BCUT2D eigenvalue weighted by molar-refractivity contribution is -0.133. The van der Waals surface area contributed by atoms with E-state index in [9.17, 15) is 4.79 Å². The van der Waals surface area contributed by atoms with Crippen LogP contribution in [0.25, 0.3) is 11.4 Å². The lowest BCUT2D eigenvalue weighted by Crippen LogP contribution is -2.39. The number of carbonyl (C=O) groups is 1. The van der Waals surface area contributed by atoms with E-state index in [0.29, 0.717) is 17.3 Å². The summed E-state index contributed by atoms with van der Waals surface area (Å²) < 4.78 is 0. The Kier molecular flexibility index (Phi) is 3.67. The van der Waals surface area contributed by atoms with Gasteiger partial charge in [-0.2, -0.15) is 4.80 Å². The van der Waals surface area contributed by atoms with E-state index in [4.69, 9.17) is 0 Å². The Morgan fingerprint density at radius 2 is 1.96 bits per heavy atom. The van der Waals surface area contributed by atoms with E-state index in [2.05, 4.69) is 41.1 Å². The number of benzene rings is 1. The minimum atomic E-state index is 0.100. The molecule has 2 heterocycles. The highest BCUT2D eigenvalue weighted by Gasteiger charge is 2.50. The quantitative estimate of drug-likeness (QED) is 0.862. The van der Waals surface area contributed by atoms with Crippen molar-refractivity contribution in [2.45, 2.75) is 52.6 Å². The Bertz CT molecular complexity index is 784. The summed E-state index contributed by atoms with van der Waals surface area (Å²) >= 11 is 0. The van der Waals surface area contributed by atoms with Gasteiger partial charge < -0.3 is 4.90 Å². The molecule has 1 aliphatic heterocycles. The fourth-order valence-corrected chi connectivity index (χ4v) is 4.98. The number of likely N-dealkylation sites (tertiary alicyclic amines) is 1. The van der Waals surface area contributed by atoms with Gasteiger partial charge in [0.25, 0.3) is 0 Å². The zero-order valence-electron chi connectivity index (χ0n) is 15.1. The Morgan fingerprint density at radius 3 is 2.72 bits per heavy atom. The van der Waals surface area contributed by atoms with Crippen LogP contribution in [-0.4, -0.2) is 43.6 Å². The van der Waals surface area contributed by atoms with Crippen LogP contribution in [-0.2, 0) is 11.3 Å². The fourth-order valence-electron chi connectivity index (χ4n) is 4.98. The third-order valence-corrected chi connectivity index (χ3v) is 5.50. The van der Waals surface area contributed by atoms with Crippen LogP contribution in [0.3, 0.4) is 0 Å². The molecule has 2 aliphatic rings. The zero-order valence-corrected chi connectivity index (χ0v) is 15.1. The molecular weight excluding hydrogens is 314 g/mol. The number of fused-ring (bicyclic) bond motifs is 2. The predicted octanol–water partition coefficient (Wildman–Crippen LogP) is 2.77. The van der Waals surface area contributed by atoms with E-state index >= 15 is 0 Å². The van der Waals surface area contributed by atoms with Gasteiger partial charge in [-0.3, -0.25) is 4.79 Å². The molecule has 4 rings (SSSR count). The van der Waals surface area contributed by atoms with E-state index < -0.39 is 0 Å². The van der Waals surface area contributed by atoms with Crippen LogP contribution in [0.2, 0.25) is 0 Å². The molecule has 0 unspecified atom stereocenters. The molecule has 1 amide bonds. The Morgan fingerprint density at radius 1 is 1.20 bits per heavy atom. The van der Waals surface area contributed by atoms with Crippen LogP contribution < -0.4 is 0 Å². The number of carbonyl (C=O) groups excluding carboxylic acids is 1. The van der Waals surface area contributed by atoms with Gasteiger partial charge in [-0.05, 0) is 35.3 Å². The molecule has 1 saturated heterocycles. The number of hydrogen-bond donors (Lipinski definition) is 0. The molecule has 132 valence electrons. The van der Waals surface area contributed by atoms with Crippen molar-refractivity contribution in [3.05, 3.63) is 30.3 Å². The van der Waals surface area contributed by atoms with Crippen LogP contribution in [0.5, 0.6) is 0 Å². The summed E-state index contributed by atoms with van der Waals surface area (Å²) in [4.78, 5) is 16.3. The highest BCUT2D eigenvalue weighted by atomic mass is 16.2. The third-order valence-electron chi connectivity index (χ3n) is 5.50. The lowest BCUT2D eigenvalue weighted by atomic mass is 9.65. The van der Waals surface area contributed by atoms with Gasteiger partial charge in [0.05, 0.1) is 0 Å². The van der Waals surface area contributed by atoms with Gasteiger partial charge in [-0.15, -0.1) is 10.2 Å². The van der Waals surface area contributed by atoms with E-state index in [-0.39, 0.29) is 17.9 Å². The zero-order chi connectivity index (χ0) is 17.7. The second kappa shape index (κ2) is 5.64.